The molecule has 1 saturated heterocycles. The SMILES string of the molecule is CN(C)S(=O)(=O)N1CC(c2cc(=O)n(C)[nH]2)C1. The van der Waals surface area contributed by atoms with Crippen LogP contribution in [0.25, 0.3) is 0 Å². The summed E-state index contributed by atoms with van der Waals surface area (Å²) in [6.07, 6.45) is 0. The van der Waals surface area contributed by atoms with Crippen molar-refractivity contribution in [1.29, 1.82) is 0 Å². The molecule has 0 saturated carbocycles. The molecule has 1 aliphatic heterocycles. The summed E-state index contributed by atoms with van der Waals surface area (Å²) in [4.78, 5) is 11.3. The predicted molar refractivity (Wildman–Crippen MR) is 63.0 cm³/mol. The number of nitrogens with zero attached hydrogens (tertiary/aromatic N) is 3. The van der Waals surface area contributed by atoms with Gasteiger partial charge < -0.3 is 0 Å². The normalized spacial score (nSPS) is 18.6. The highest BCUT2D eigenvalue weighted by Gasteiger charge is 2.38. The third kappa shape index (κ3) is 2.03. The van der Waals surface area contributed by atoms with Crippen molar-refractivity contribution in [1.82, 2.24) is 18.4 Å². The number of rotatable bonds is 3. The van der Waals surface area contributed by atoms with E-state index in [2.05, 4.69) is 5.10 Å². The molecule has 0 atom stereocenters. The van der Waals surface area contributed by atoms with Gasteiger partial charge in [0, 0.05) is 51.9 Å². The van der Waals surface area contributed by atoms with E-state index in [4.69, 9.17) is 0 Å². The van der Waals surface area contributed by atoms with Crippen LogP contribution in [0.3, 0.4) is 0 Å². The molecule has 0 spiro atoms. The smallest absolute Gasteiger partial charge is 0.281 e. The molecule has 1 aromatic rings. The monoisotopic (exact) mass is 260 g/mol. The van der Waals surface area contributed by atoms with E-state index in [1.807, 2.05) is 0 Å². The minimum absolute atomic E-state index is 0.0821. The molecular weight excluding hydrogens is 244 g/mol. The quantitative estimate of drug-likeness (QED) is 0.751. The Balaban J connectivity index is 2.07. The molecular formula is C9H16N4O3S. The molecule has 0 bridgehead atoms. The van der Waals surface area contributed by atoms with Crippen LogP contribution in [0, 0.1) is 0 Å². The third-order valence-corrected chi connectivity index (χ3v) is 4.86. The first-order chi connectivity index (χ1) is 7.82. The number of hydrogen-bond acceptors (Lipinski definition) is 3. The number of H-pyrrole nitrogens is 1. The van der Waals surface area contributed by atoms with Crippen molar-refractivity contribution in [2.24, 2.45) is 7.05 Å². The van der Waals surface area contributed by atoms with Gasteiger partial charge in [-0.3, -0.25) is 14.6 Å². The van der Waals surface area contributed by atoms with Crippen LogP contribution in [0.4, 0.5) is 0 Å². The van der Waals surface area contributed by atoms with E-state index >= 15 is 0 Å². The molecule has 17 heavy (non-hydrogen) atoms. The van der Waals surface area contributed by atoms with Crippen LogP contribution in [-0.4, -0.2) is 54.0 Å². The summed E-state index contributed by atoms with van der Waals surface area (Å²) in [6, 6.07) is 1.52. The fourth-order valence-electron chi connectivity index (χ4n) is 1.77. The van der Waals surface area contributed by atoms with Crippen molar-refractivity contribution in [2.75, 3.05) is 27.2 Å². The Kier molecular flexibility index (Phi) is 2.88. The molecule has 7 nitrogen and oxygen atoms in total. The molecule has 2 rings (SSSR count). The highest BCUT2D eigenvalue weighted by Crippen LogP contribution is 2.27. The summed E-state index contributed by atoms with van der Waals surface area (Å²) < 4.78 is 27.4. The third-order valence-electron chi connectivity index (χ3n) is 2.98. The molecule has 1 aliphatic rings. The summed E-state index contributed by atoms with van der Waals surface area (Å²) in [5.74, 6) is 0.0821. The first-order valence-corrected chi connectivity index (χ1v) is 6.65. The topological polar surface area (TPSA) is 78.4 Å². The molecule has 2 heterocycles. The van der Waals surface area contributed by atoms with Gasteiger partial charge in [-0.2, -0.15) is 17.0 Å². The number of aryl methyl sites for hydroxylation is 1. The molecule has 0 unspecified atom stereocenters. The van der Waals surface area contributed by atoms with E-state index in [-0.39, 0.29) is 11.5 Å². The van der Waals surface area contributed by atoms with Crippen molar-refractivity contribution in [3.8, 4) is 0 Å². The Morgan fingerprint density at radius 2 is 2.00 bits per heavy atom. The molecule has 1 fully saturated rings. The highest BCUT2D eigenvalue weighted by molar-refractivity contribution is 7.86. The molecule has 0 aliphatic carbocycles. The van der Waals surface area contributed by atoms with Crippen molar-refractivity contribution in [3.63, 3.8) is 0 Å². The minimum Gasteiger partial charge on any atom is -0.300 e. The average molecular weight is 260 g/mol. The molecule has 8 heteroatoms. The maximum Gasteiger partial charge on any atom is 0.281 e. The molecule has 0 aromatic carbocycles. The first-order valence-electron chi connectivity index (χ1n) is 5.26. The maximum atomic E-state index is 11.7. The Morgan fingerprint density at radius 3 is 2.41 bits per heavy atom. The zero-order chi connectivity index (χ0) is 12.8. The van der Waals surface area contributed by atoms with E-state index in [9.17, 15) is 13.2 Å². The largest absolute Gasteiger partial charge is 0.300 e. The van der Waals surface area contributed by atoms with Gasteiger partial charge in [0.15, 0.2) is 0 Å². The molecule has 0 radical (unpaired) electrons. The lowest BCUT2D eigenvalue weighted by Gasteiger charge is -2.38. The van der Waals surface area contributed by atoms with Crippen LogP contribution >= 0.6 is 0 Å². The van der Waals surface area contributed by atoms with E-state index in [0.717, 1.165) is 5.69 Å². The maximum absolute atomic E-state index is 11.7. The van der Waals surface area contributed by atoms with Gasteiger partial charge >= 0.3 is 0 Å². The van der Waals surface area contributed by atoms with Gasteiger partial charge in [0.1, 0.15) is 0 Å². The van der Waals surface area contributed by atoms with Gasteiger partial charge in [0.05, 0.1) is 0 Å². The van der Waals surface area contributed by atoms with Crippen LogP contribution in [0.1, 0.15) is 11.6 Å². The molecule has 1 N–H and O–H groups in total. The fourth-order valence-corrected chi connectivity index (χ4v) is 2.97. The average Bonchev–Trinajstić information content (AvgIpc) is 2.43. The van der Waals surface area contributed by atoms with Crippen molar-refractivity contribution >= 4 is 10.2 Å². The first kappa shape index (κ1) is 12.3. The molecule has 96 valence electrons. The van der Waals surface area contributed by atoms with Crippen LogP contribution in [-0.2, 0) is 17.3 Å². The van der Waals surface area contributed by atoms with E-state index in [1.165, 1.54) is 33.5 Å². The standard InChI is InChI=1S/C9H16N4O3S/c1-11(2)17(15,16)13-5-7(6-13)8-4-9(14)12(3)10-8/h4,7,10H,5-6H2,1-3H3. The van der Waals surface area contributed by atoms with Crippen LogP contribution in [0.5, 0.6) is 0 Å². The van der Waals surface area contributed by atoms with Gasteiger partial charge in [0.25, 0.3) is 15.8 Å². The second-order valence-electron chi connectivity index (χ2n) is 4.41. The highest BCUT2D eigenvalue weighted by atomic mass is 32.2. The Labute approximate surface area is 99.8 Å². The lowest BCUT2D eigenvalue weighted by molar-refractivity contribution is 0.245. The fraction of sp³-hybridized carbons (Fsp3) is 0.667. The Morgan fingerprint density at radius 1 is 1.41 bits per heavy atom. The van der Waals surface area contributed by atoms with Crippen molar-refractivity contribution in [2.45, 2.75) is 5.92 Å². The summed E-state index contributed by atoms with van der Waals surface area (Å²) in [7, 11) is 1.34. The Hall–Kier alpha value is -1.12. The van der Waals surface area contributed by atoms with Gasteiger partial charge in [-0.1, -0.05) is 0 Å². The summed E-state index contributed by atoms with van der Waals surface area (Å²) >= 11 is 0. The summed E-state index contributed by atoms with van der Waals surface area (Å²) in [6.45, 7) is 0.834. The number of nitrogens with one attached hydrogen (secondary N) is 1. The van der Waals surface area contributed by atoms with Crippen molar-refractivity contribution < 1.29 is 8.42 Å². The zero-order valence-corrected chi connectivity index (χ0v) is 10.9. The Bertz CT molecular complexity index is 565. The van der Waals surface area contributed by atoms with Crippen LogP contribution in [0.2, 0.25) is 0 Å². The number of aromatic amines is 1. The van der Waals surface area contributed by atoms with E-state index in [1.54, 1.807) is 7.05 Å². The van der Waals surface area contributed by atoms with Crippen molar-refractivity contribution in [3.05, 3.63) is 22.1 Å². The zero-order valence-electron chi connectivity index (χ0n) is 10.0. The minimum atomic E-state index is -3.32. The van der Waals surface area contributed by atoms with Crippen LogP contribution in [0.15, 0.2) is 10.9 Å². The lowest BCUT2D eigenvalue weighted by Crippen LogP contribution is -2.52. The summed E-state index contributed by atoms with van der Waals surface area (Å²) in [5.41, 5.74) is 0.691. The van der Waals surface area contributed by atoms with E-state index < -0.39 is 10.2 Å². The van der Waals surface area contributed by atoms with Gasteiger partial charge in [-0.25, -0.2) is 0 Å². The number of hydrogen-bond donors (Lipinski definition) is 1. The van der Waals surface area contributed by atoms with Crippen LogP contribution < -0.4 is 5.56 Å². The van der Waals surface area contributed by atoms with Gasteiger partial charge in [0.2, 0.25) is 0 Å². The second kappa shape index (κ2) is 3.97. The summed E-state index contributed by atoms with van der Waals surface area (Å²) in [5, 5.41) is 2.92. The predicted octanol–water partition coefficient (Wildman–Crippen LogP) is -1.08. The molecule has 1 aromatic heterocycles. The number of aromatic nitrogens is 2. The van der Waals surface area contributed by atoms with E-state index in [0.29, 0.717) is 13.1 Å². The second-order valence-corrected chi connectivity index (χ2v) is 6.56. The van der Waals surface area contributed by atoms with Gasteiger partial charge in [-0.15, -0.1) is 0 Å². The van der Waals surface area contributed by atoms with Gasteiger partial charge in [-0.05, 0) is 0 Å². The molecule has 0 amide bonds. The lowest BCUT2D eigenvalue weighted by atomic mass is 10.00.